The molecule has 0 bridgehead atoms. The van der Waals surface area contributed by atoms with E-state index in [2.05, 4.69) is 33.1 Å². The lowest BCUT2D eigenvalue weighted by Crippen LogP contribution is -2.61. The van der Waals surface area contributed by atoms with Crippen molar-refractivity contribution in [2.75, 3.05) is 13.1 Å². The van der Waals surface area contributed by atoms with Crippen LogP contribution < -0.4 is 10.6 Å². The molecule has 1 aromatic heterocycles. The van der Waals surface area contributed by atoms with Crippen molar-refractivity contribution in [3.63, 3.8) is 0 Å². The molecule has 1 fully saturated rings. The molecule has 2 heterocycles. The van der Waals surface area contributed by atoms with E-state index < -0.39 is 0 Å². The van der Waals surface area contributed by atoms with Gasteiger partial charge in [0.15, 0.2) is 0 Å². The summed E-state index contributed by atoms with van der Waals surface area (Å²) in [6.07, 6.45) is 3.36. The van der Waals surface area contributed by atoms with Crippen LogP contribution in [0, 0.1) is 0 Å². The number of likely N-dealkylation sites (tertiary alicyclic amines) is 1. The van der Waals surface area contributed by atoms with Gasteiger partial charge in [0.25, 0.3) is 0 Å². The molecule has 170 valence electrons. The van der Waals surface area contributed by atoms with Gasteiger partial charge in [0.2, 0.25) is 17.7 Å². The number of fused-ring (bicyclic) bond motifs is 1. The van der Waals surface area contributed by atoms with Crippen LogP contribution in [0.4, 0.5) is 0 Å². The van der Waals surface area contributed by atoms with E-state index in [0.29, 0.717) is 19.6 Å². The van der Waals surface area contributed by atoms with E-state index in [-0.39, 0.29) is 36.7 Å². The quantitative estimate of drug-likeness (QED) is 0.459. The first kappa shape index (κ1) is 22.8. The molecule has 3 amide bonds. The first-order chi connectivity index (χ1) is 15.9. The van der Waals surface area contributed by atoms with Crippen LogP contribution in [0.25, 0.3) is 10.9 Å². The van der Waals surface area contributed by atoms with E-state index in [4.69, 9.17) is 0 Å². The lowest BCUT2D eigenvalue weighted by atomic mass is 10.1. The zero-order valence-corrected chi connectivity index (χ0v) is 19.7. The zero-order valence-electron chi connectivity index (χ0n) is 18.1. The van der Waals surface area contributed by atoms with Crippen molar-refractivity contribution >= 4 is 44.6 Å². The molecule has 0 unspecified atom stereocenters. The average Bonchev–Trinajstić information content (AvgIpc) is 3.10. The first-order valence-corrected chi connectivity index (χ1v) is 11.5. The van der Waals surface area contributed by atoms with Crippen molar-refractivity contribution in [1.82, 2.24) is 20.1 Å². The van der Waals surface area contributed by atoms with Crippen molar-refractivity contribution in [3.8, 4) is 0 Å². The Morgan fingerprint density at radius 1 is 1.09 bits per heavy atom. The number of aromatic nitrogens is 1. The molecule has 3 aromatic rings. The fourth-order valence-electron chi connectivity index (χ4n) is 3.95. The molecule has 8 heteroatoms. The molecule has 0 atom stereocenters. The van der Waals surface area contributed by atoms with Crippen molar-refractivity contribution in [2.24, 2.45) is 0 Å². The molecule has 1 saturated heterocycles. The SMILES string of the molecule is C=CC(=O)N1CC(NC(=O)Cn2cc(CC(=O)NCc3ccccc3)c3cc(Br)ccc32)C1. The summed E-state index contributed by atoms with van der Waals surface area (Å²) in [5, 5.41) is 6.85. The second-order valence-electron chi connectivity index (χ2n) is 8.09. The van der Waals surface area contributed by atoms with Gasteiger partial charge >= 0.3 is 0 Å². The molecule has 2 N–H and O–H groups in total. The van der Waals surface area contributed by atoms with E-state index >= 15 is 0 Å². The van der Waals surface area contributed by atoms with Gasteiger partial charge in [-0.3, -0.25) is 14.4 Å². The van der Waals surface area contributed by atoms with Crippen LogP contribution in [-0.4, -0.2) is 46.3 Å². The monoisotopic (exact) mass is 508 g/mol. The summed E-state index contributed by atoms with van der Waals surface area (Å²) in [5.41, 5.74) is 2.78. The summed E-state index contributed by atoms with van der Waals surface area (Å²) < 4.78 is 2.77. The first-order valence-electron chi connectivity index (χ1n) is 10.7. The summed E-state index contributed by atoms with van der Waals surface area (Å²) in [4.78, 5) is 38.4. The molecular weight excluding hydrogens is 484 g/mol. The minimum absolute atomic E-state index is 0.0550. The predicted molar refractivity (Wildman–Crippen MR) is 130 cm³/mol. The van der Waals surface area contributed by atoms with Gasteiger partial charge < -0.3 is 20.1 Å². The Morgan fingerprint density at radius 3 is 2.58 bits per heavy atom. The molecule has 4 rings (SSSR count). The normalized spacial score (nSPS) is 13.4. The van der Waals surface area contributed by atoms with Crippen LogP contribution in [0.2, 0.25) is 0 Å². The number of halogens is 1. The number of carbonyl (C=O) groups is 3. The smallest absolute Gasteiger partial charge is 0.246 e. The number of hydrogen-bond acceptors (Lipinski definition) is 3. The summed E-state index contributed by atoms with van der Waals surface area (Å²) in [6, 6.07) is 15.5. The van der Waals surface area contributed by atoms with E-state index in [1.807, 2.05) is 59.3 Å². The highest BCUT2D eigenvalue weighted by atomic mass is 79.9. The average molecular weight is 509 g/mol. The predicted octanol–water partition coefficient (Wildman–Crippen LogP) is 2.78. The Bertz CT molecular complexity index is 1200. The van der Waals surface area contributed by atoms with Gasteiger partial charge in [0, 0.05) is 41.2 Å². The molecule has 0 aliphatic carbocycles. The van der Waals surface area contributed by atoms with Gasteiger partial charge in [0.1, 0.15) is 6.54 Å². The second kappa shape index (κ2) is 10.0. The fraction of sp³-hybridized carbons (Fsp3) is 0.240. The largest absolute Gasteiger partial charge is 0.352 e. The minimum atomic E-state index is -0.134. The highest BCUT2D eigenvalue weighted by Crippen LogP contribution is 2.26. The van der Waals surface area contributed by atoms with Crippen molar-refractivity contribution in [2.45, 2.75) is 25.6 Å². The molecule has 1 aliphatic heterocycles. The maximum atomic E-state index is 12.6. The van der Waals surface area contributed by atoms with Crippen LogP contribution in [-0.2, 0) is 33.9 Å². The lowest BCUT2D eigenvalue weighted by Gasteiger charge is -2.38. The molecule has 1 aliphatic rings. The van der Waals surface area contributed by atoms with E-state index in [9.17, 15) is 14.4 Å². The molecular formula is C25H25BrN4O3. The zero-order chi connectivity index (χ0) is 23.4. The Hall–Kier alpha value is -3.39. The Morgan fingerprint density at radius 2 is 1.85 bits per heavy atom. The molecule has 2 aromatic carbocycles. The number of carbonyl (C=O) groups excluding carboxylic acids is 3. The Labute approximate surface area is 200 Å². The van der Waals surface area contributed by atoms with E-state index in [1.54, 1.807) is 4.90 Å². The van der Waals surface area contributed by atoms with E-state index in [1.165, 1.54) is 6.08 Å². The number of nitrogens with zero attached hydrogens (tertiary/aromatic N) is 2. The van der Waals surface area contributed by atoms with Crippen molar-refractivity contribution in [3.05, 3.63) is 83.0 Å². The Kier molecular flexibility index (Phi) is 6.93. The number of benzene rings is 2. The van der Waals surface area contributed by atoms with E-state index in [0.717, 1.165) is 26.5 Å². The van der Waals surface area contributed by atoms with Crippen LogP contribution in [0.1, 0.15) is 11.1 Å². The van der Waals surface area contributed by atoms with Gasteiger partial charge in [-0.15, -0.1) is 0 Å². The van der Waals surface area contributed by atoms with Gasteiger partial charge in [-0.1, -0.05) is 52.8 Å². The lowest BCUT2D eigenvalue weighted by molar-refractivity contribution is -0.133. The van der Waals surface area contributed by atoms with Crippen LogP contribution >= 0.6 is 15.9 Å². The minimum Gasteiger partial charge on any atom is -0.352 e. The summed E-state index contributed by atoms with van der Waals surface area (Å²) in [6.45, 7) is 5.06. The Balaban J connectivity index is 1.41. The molecule has 7 nitrogen and oxygen atoms in total. The maximum Gasteiger partial charge on any atom is 0.246 e. The number of amides is 3. The standard InChI is InChI=1S/C25H25BrN4O3/c1-2-25(33)30-14-20(15-30)28-24(32)16-29-13-18(21-11-19(26)8-9-22(21)29)10-23(31)27-12-17-6-4-3-5-7-17/h2-9,11,13,20H,1,10,12,14-16H2,(H,27,31)(H,28,32). The van der Waals surface area contributed by atoms with Gasteiger partial charge in [0.05, 0.1) is 12.5 Å². The van der Waals surface area contributed by atoms with Gasteiger partial charge in [-0.05, 0) is 35.4 Å². The van der Waals surface area contributed by atoms with Crippen molar-refractivity contribution < 1.29 is 14.4 Å². The third kappa shape index (κ3) is 5.51. The number of rotatable bonds is 8. The van der Waals surface area contributed by atoms with Crippen molar-refractivity contribution in [1.29, 1.82) is 0 Å². The molecule has 0 radical (unpaired) electrons. The maximum absolute atomic E-state index is 12.6. The fourth-order valence-corrected chi connectivity index (χ4v) is 4.31. The molecule has 0 spiro atoms. The van der Waals surface area contributed by atoms with Gasteiger partial charge in [-0.25, -0.2) is 0 Å². The number of hydrogen-bond donors (Lipinski definition) is 2. The number of nitrogens with one attached hydrogen (secondary N) is 2. The molecule has 0 saturated carbocycles. The third-order valence-electron chi connectivity index (χ3n) is 5.66. The summed E-state index contributed by atoms with van der Waals surface area (Å²) in [5.74, 6) is -0.341. The van der Waals surface area contributed by atoms with Gasteiger partial charge in [-0.2, -0.15) is 0 Å². The third-order valence-corrected chi connectivity index (χ3v) is 6.15. The summed E-state index contributed by atoms with van der Waals surface area (Å²) >= 11 is 3.50. The summed E-state index contributed by atoms with van der Waals surface area (Å²) in [7, 11) is 0. The highest BCUT2D eigenvalue weighted by molar-refractivity contribution is 9.10. The highest BCUT2D eigenvalue weighted by Gasteiger charge is 2.30. The second-order valence-corrected chi connectivity index (χ2v) is 9.01. The van der Waals surface area contributed by atoms with Crippen LogP contribution in [0.5, 0.6) is 0 Å². The topological polar surface area (TPSA) is 83.4 Å². The molecule has 33 heavy (non-hydrogen) atoms. The van der Waals surface area contributed by atoms with Crippen LogP contribution in [0.3, 0.4) is 0 Å². The van der Waals surface area contributed by atoms with Crippen LogP contribution in [0.15, 0.2) is 71.9 Å².